The van der Waals surface area contributed by atoms with Crippen LogP contribution in [0.4, 0.5) is 22.0 Å². The summed E-state index contributed by atoms with van der Waals surface area (Å²) in [6, 6.07) is 10.7. The molecule has 0 saturated carbocycles. The van der Waals surface area contributed by atoms with Crippen LogP contribution in [0, 0.1) is 6.92 Å². The SMILES string of the molecule is Cc1ccc(C(F)(F)OCCc2ccc(OC(F)(F)F)cc2)cc1. The maximum absolute atomic E-state index is 13.9. The highest BCUT2D eigenvalue weighted by Crippen LogP contribution is 2.29. The van der Waals surface area contributed by atoms with E-state index < -0.39 is 12.5 Å². The van der Waals surface area contributed by atoms with Crippen molar-refractivity contribution in [1.29, 1.82) is 0 Å². The Kier molecular flexibility index (Phi) is 5.43. The Hall–Kier alpha value is -2.15. The van der Waals surface area contributed by atoms with Crippen LogP contribution >= 0.6 is 0 Å². The Morgan fingerprint density at radius 2 is 1.42 bits per heavy atom. The van der Waals surface area contributed by atoms with Gasteiger partial charge in [0.1, 0.15) is 5.75 Å². The summed E-state index contributed by atoms with van der Waals surface area (Å²) in [6.07, 6.45) is -8.05. The van der Waals surface area contributed by atoms with Gasteiger partial charge in [0.2, 0.25) is 0 Å². The zero-order chi connectivity index (χ0) is 17.8. The van der Waals surface area contributed by atoms with Crippen LogP contribution in [0.2, 0.25) is 0 Å². The van der Waals surface area contributed by atoms with Crippen molar-refractivity contribution >= 4 is 0 Å². The van der Waals surface area contributed by atoms with Gasteiger partial charge in [-0.2, -0.15) is 8.78 Å². The van der Waals surface area contributed by atoms with E-state index in [1.54, 1.807) is 19.1 Å². The average Bonchev–Trinajstić information content (AvgIpc) is 2.48. The Morgan fingerprint density at radius 1 is 0.833 bits per heavy atom. The third-order valence-electron chi connectivity index (χ3n) is 3.22. The number of rotatable bonds is 6. The van der Waals surface area contributed by atoms with E-state index in [0.29, 0.717) is 5.56 Å². The van der Waals surface area contributed by atoms with Crippen molar-refractivity contribution in [3.63, 3.8) is 0 Å². The fourth-order valence-corrected chi connectivity index (χ4v) is 1.99. The molecular formula is C17H15F5O2. The molecule has 130 valence electrons. The fraction of sp³-hybridized carbons (Fsp3) is 0.294. The lowest BCUT2D eigenvalue weighted by atomic mass is 10.1. The average molecular weight is 346 g/mol. The summed E-state index contributed by atoms with van der Waals surface area (Å²) in [4.78, 5) is 0. The van der Waals surface area contributed by atoms with E-state index in [0.717, 1.165) is 17.7 Å². The lowest BCUT2D eigenvalue weighted by Gasteiger charge is -2.17. The molecule has 0 aliphatic carbocycles. The van der Waals surface area contributed by atoms with Crippen LogP contribution in [0.15, 0.2) is 48.5 Å². The molecular weight excluding hydrogens is 331 g/mol. The minimum atomic E-state index is -4.76. The van der Waals surface area contributed by atoms with Crippen molar-refractivity contribution in [1.82, 2.24) is 0 Å². The predicted octanol–water partition coefficient (Wildman–Crippen LogP) is 5.20. The van der Waals surface area contributed by atoms with Gasteiger partial charge in [0, 0.05) is 0 Å². The molecule has 0 aliphatic rings. The molecule has 0 bridgehead atoms. The molecule has 2 nitrogen and oxygen atoms in total. The summed E-state index contributed by atoms with van der Waals surface area (Å²) in [7, 11) is 0. The molecule has 0 atom stereocenters. The van der Waals surface area contributed by atoms with E-state index in [1.807, 2.05) is 0 Å². The van der Waals surface area contributed by atoms with Gasteiger partial charge in [0.15, 0.2) is 0 Å². The maximum atomic E-state index is 13.9. The highest BCUT2D eigenvalue weighted by Gasteiger charge is 2.32. The number of hydrogen-bond donors (Lipinski definition) is 0. The Bertz CT molecular complexity index is 648. The van der Waals surface area contributed by atoms with Crippen LogP contribution in [0.1, 0.15) is 16.7 Å². The van der Waals surface area contributed by atoms with Gasteiger partial charge in [-0.05, 0) is 31.0 Å². The Morgan fingerprint density at radius 3 is 1.96 bits per heavy atom. The first-order valence-electron chi connectivity index (χ1n) is 7.09. The summed E-state index contributed by atoms with van der Waals surface area (Å²) in [5, 5.41) is 0. The molecule has 2 aromatic rings. The summed E-state index contributed by atoms with van der Waals surface area (Å²) < 4.78 is 72.2. The molecule has 0 aromatic heterocycles. The van der Waals surface area contributed by atoms with Crippen LogP contribution in [0.5, 0.6) is 5.75 Å². The number of benzene rings is 2. The second-order valence-electron chi connectivity index (χ2n) is 5.17. The quantitative estimate of drug-likeness (QED) is 0.669. The van der Waals surface area contributed by atoms with E-state index in [2.05, 4.69) is 9.47 Å². The predicted molar refractivity (Wildman–Crippen MR) is 77.9 cm³/mol. The van der Waals surface area contributed by atoms with Gasteiger partial charge in [0.25, 0.3) is 0 Å². The second kappa shape index (κ2) is 7.17. The molecule has 2 rings (SSSR count). The molecule has 2 aromatic carbocycles. The van der Waals surface area contributed by atoms with Crippen molar-refractivity contribution in [2.45, 2.75) is 25.8 Å². The second-order valence-corrected chi connectivity index (χ2v) is 5.17. The highest BCUT2D eigenvalue weighted by atomic mass is 19.4. The van der Waals surface area contributed by atoms with Crippen LogP contribution in [-0.4, -0.2) is 13.0 Å². The van der Waals surface area contributed by atoms with Crippen LogP contribution < -0.4 is 4.74 Å². The van der Waals surface area contributed by atoms with Crippen molar-refractivity contribution in [3.8, 4) is 5.75 Å². The highest BCUT2D eigenvalue weighted by molar-refractivity contribution is 5.27. The Balaban J connectivity index is 1.88. The van der Waals surface area contributed by atoms with Crippen LogP contribution in [0.25, 0.3) is 0 Å². The zero-order valence-electron chi connectivity index (χ0n) is 12.7. The molecule has 0 fully saturated rings. The van der Waals surface area contributed by atoms with Gasteiger partial charge < -0.3 is 9.47 Å². The molecule has 0 heterocycles. The minimum Gasteiger partial charge on any atom is -0.406 e. The van der Waals surface area contributed by atoms with Crippen LogP contribution in [0.3, 0.4) is 0 Å². The monoisotopic (exact) mass is 346 g/mol. The van der Waals surface area contributed by atoms with E-state index in [4.69, 9.17) is 0 Å². The lowest BCUT2D eigenvalue weighted by Crippen LogP contribution is -2.19. The minimum absolute atomic E-state index is 0.133. The lowest BCUT2D eigenvalue weighted by molar-refractivity contribution is -0.274. The standard InChI is InChI=1S/C17H15F5O2/c1-12-2-6-14(7-3-12)16(18,19)23-11-10-13-4-8-15(9-5-13)24-17(20,21)22/h2-9H,10-11H2,1H3. The topological polar surface area (TPSA) is 18.5 Å². The molecule has 0 unspecified atom stereocenters. The number of aryl methyl sites for hydroxylation is 1. The fourth-order valence-electron chi connectivity index (χ4n) is 1.99. The van der Waals surface area contributed by atoms with E-state index in [-0.39, 0.29) is 24.3 Å². The molecule has 0 saturated heterocycles. The number of hydrogen-bond acceptors (Lipinski definition) is 2. The normalized spacial score (nSPS) is 12.2. The van der Waals surface area contributed by atoms with Gasteiger partial charge in [0.05, 0.1) is 12.2 Å². The van der Waals surface area contributed by atoms with E-state index in [1.165, 1.54) is 24.3 Å². The first-order valence-corrected chi connectivity index (χ1v) is 7.09. The van der Waals surface area contributed by atoms with Crippen molar-refractivity contribution in [3.05, 3.63) is 65.2 Å². The van der Waals surface area contributed by atoms with Gasteiger partial charge in [-0.3, -0.25) is 0 Å². The molecule has 0 N–H and O–H groups in total. The zero-order valence-corrected chi connectivity index (χ0v) is 12.7. The van der Waals surface area contributed by atoms with Gasteiger partial charge in [-0.15, -0.1) is 13.2 Å². The number of ether oxygens (including phenoxy) is 2. The number of halogens is 5. The van der Waals surface area contributed by atoms with Gasteiger partial charge in [-0.1, -0.05) is 42.0 Å². The molecule has 7 heteroatoms. The molecule has 0 spiro atoms. The largest absolute Gasteiger partial charge is 0.573 e. The van der Waals surface area contributed by atoms with Crippen molar-refractivity contribution in [2.24, 2.45) is 0 Å². The number of alkyl halides is 5. The Labute approximate surface area is 135 Å². The molecule has 24 heavy (non-hydrogen) atoms. The smallest absolute Gasteiger partial charge is 0.406 e. The summed E-state index contributed by atoms with van der Waals surface area (Å²) in [5.74, 6) is -0.364. The maximum Gasteiger partial charge on any atom is 0.573 e. The van der Waals surface area contributed by atoms with Crippen molar-refractivity contribution in [2.75, 3.05) is 6.61 Å². The third kappa shape index (κ3) is 5.49. The summed E-state index contributed by atoms with van der Waals surface area (Å²) in [5.41, 5.74) is 1.17. The molecule has 0 amide bonds. The first kappa shape index (κ1) is 18.2. The summed E-state index contributed by atoms with van der Waals surface area (Å²) in [6.45, 7) is 1.51. The first-order chi connectivity index (χ1) is 11.2. The third-order valence-corrected chi connectivity index (χ3v) is 3.22. The summed E-state index contributed by atoms with van der Waals surface area (Å²) >= 11 is 0. The molecule has 0 aliphatic heterocycles. The van der Waals surface area contributed by atoms with E-state index >= 15 is 0 Å². The van der Waals surface area contributed by atoms with E-state index in [9.17, 15) is 22.0 Å². The van der Waals surface area contributed by atoms with Gasteiger partial charge >= 0.3 is 12.5 Å². The van der Waals surface area contributed by atoms with Gasteiger partial charge in [-0.25, -0.2) is 0 Å². The van der Waals surface area contributed by atoms with Crippen LogP contribution in [-0.2, 0) is 17.3 Å². The van der Waals surface area contributed by atoms with Crippen molar-refractivity contribution < 1.29 is 31.4 Å². The molecule has 0 radical (unpaired) electrons.